The van der Waals surface area contributed by atoms with E-state index in [0.29, 0.717) is 53.7 Å². The number of benzene rings is 3. The number of amides is 1. The molecule has 232 valence electrons. The molecular weight excluding hydrogens is 593 g/mol. The third kappa shape index (κ3) is 9.68. The molecule has 3 aromatic carbocycles. The van der Waals surface area contributed by atoms with Crippen LogP contribution in [0.5, 0.6) is 0 Å². The molecule has 1 amide bonds. The van der Waals surface area contributed by atoms with Crippen LogP contribution in [0.2, 0.25) is 0 Å². The molecule has 0 spiro atoms. The lowest BCUT2D eigenvalue weighted by Gasteiger charge is -2.24. The van der Waals surface area contributed by atoms with Crippen LogP contribution in [0.3, 0.4) is 0 Å². The van der Waals surface area contributed by atoms with Gasteiger partial charge in [-0.2, -0.15) is 13.2 Å². The van der Waals surface area contributed by atoms with Crippen molar-refractivity contribution in [2.45, 2.75) is 26.2 Å². The Balaban J connectivity index is 0.000000676. The fraction of sp³-hybridized carbons (Fsp3) is 0.219. The first-order valence-electron chi connectivity index (χ1n) is 13.7. The Hall–Kier alpha value is -4.68. The summed E-state index contributed by atoms with van der Waals surface area (Å²) in [5.41, 5.74) is 9.88. The van der Waals surface area contributed by atoms with Crippen LogP contribution < -0.4 is 16.4 Å². The quantitative estimate of drug-likeness (QED) is 0.111. The maximum Gasteiger partial charge on any atom is 0.490 e. The minimum absolute atomic E-state index is 0.180. The van der Waals surface area contributed by atoms with Crippen LogP contribution in [-0.4, -0.2) is 53.5 Å². The number of thiophene rings is 1. The molecule has 4 aromatic rings. The summed E-state index contributed by atoms with van der Waals surface area (Å²) in [5, 5.41) is 14.4. The van der Waals surface area contributed by atoms with Crippen LogP contribution in [-0.2, 0) is 17.9 Å². The van der Waals surface area contributed by atoms with Gasteiger partial charge in [0.1, 0.15) is 9.88 Å². The number of hydrogen-bond donors (Lipinski definition) is 4. The van der Waals surface area contributed by atoms with Crippen molar-refractivity contribution in [2.75, 3.05) is 30.7 Å². The van der Waals surface area contributed by atoms with Gasteiger partial charge in [-0.3, -0.25) is 9.59 Å². The molecule has 0 unspecified atom stereocenters. The van der Waals surface area contributed by atoms with E-state index < -0.39 is 12.1 Å². The SMILES string of the molecule is CCNc1sc(C(=O)c2ccccc2)c(N)c1C(=O)N(CCNCc1ccccc1)Cc1ccccc1.O=C(O)C(F)(F)F. The third-order valence-electron chi connectivity index (χ3n) is 6.21. The van der Waals surface area contributed by atoms with Crippen molar-refractivity contribution in [2.24, 2.45) is 0 Å². The predicted molar refractivity (Wildman–Crippen MR) is 166 cm³/mol. The summed E-state index contributed by atoms with van der Waals surface area (Å²) in [7, 11) is 0. The maximum atomic E-state index is 14.0. The number of hydrogen-bond acceptors (Lipinski definition) is 7. The number of halogens is 3. The van der Waals surface area contributed by atoms with Gasteiger partial charge in [-0.15, -0.1) is 11.3 Å². The number of carbonyl (C=O) groups is 3. The van der Waals surface area contributed by atoms with Gasteiger partial charge in [0, 0.05) is 38.3 Å². The fourth-order valence-electron chi connectivity index (χ4n) is 4.09. The summed E-state index contributed by atoms with van der Waals surface area (Å²) >= 11 is 1.24. The fourth-order valence-corrected chi connectivity index (χ4v) is 5.23. The second-order valence-electron chi connectivity index (χ2n) is 9.45. The molecule has 0 radical (unpaired) electrons. The number of carboxylic acid groups (broad SMARTS) is 1. The highest BCUT2D eigenvalue weighted by Gasteiger charge is 2.38. The van der Waals surface area contributed by atoms with Gasteiger partial charge in [-0.1, -0.05) is 91.0 Å². The smallest absolute Gasteiger partial charge is 0.475 e. The summed E-state index contributed by atoms with van der Waals surface area (Å²) in [6.07, 6.45) is -5.08. The summed E-state index contributed by atoms with van der Waals surface area (Å²) in [5.74, 6) is -3.13. The number of rotatable bonds is 12. The Bertz CT molecular complexity index is 1520. The van der Waals surface area contributed by atoms with Gasteiger partial charge in [0.25, 0.3) is 5.91 Å². The molecule has 0 bridgehead atoms. The molecule has 0 aliphatic carbocycles. The summed E-state index contributed by atoms with van der Waals surface area (Å²) < 4.78 is 31.7. The van der Waals surface area contributed by atoms with Crippen molar-refractivity contribution in [3.05, 3.63) is 118 Å². The minimum atomic E-state index is -5.08. The number of anilines is 2. The summed E-state index contributed by atoms with van der Waals surface area (Å²) in [6, 6.07) is 29.1. The van der Waals surface area contributed by atoms with Crippen LogP contribution in [0.1, 0.15) is 43.6 Å². The molecule has 0 saturated carbocycles. The molecule has 1 aromatic heterocycles. The van der Waals surface area contributed by atoms with Crippen molar-refractivity contribution in [3.63, 3.8) is 0 Å². The number of aliphatic carboxylic acids is 1. The van der Waals surface area contributed by atoms with E-state index in [1.165, 1.54) is 16.9 Å². The zero-order valence-corrected chi connectivity index (χ0v) is 24.8. The number of nitrogens with zero attached hydrogens (tertiary/aromatic N) is 1. The van der Waals surface area contributed by atoms with E-state index in [1.807, 2.05) is 73.7 Å². The second kappa shape index (κ2) is 16.2. The van der Waals surface area contributed by atoms with E-state index in [-0.39, 0.29) is 17.4 Å². The molecule has 44 heavy (non-hydrogen) atoms. The van der Waals surface area contributed by atoms with Gasteiger partial charge in [-0.05, 0) is 18.1 Å². The first kappa shape index (κ1) is 33.8. The lowest BCUT2D eigenvalue weighted by molar-refractivity contribution is -0.192. The molecule has 5 N–H and O–H groups in total. The zero-order chi connectivity index (χ0) is 32.1. The predicted octanol–water partition coefficient (Wildman–Crippen LogP) is 6.06. The number of nitrogens with one attached hydrogen (secondary N) is 2. The number of carboxylic acids is 1. The van der Waals surface area contributed by atoms with E-state index in [0.717, 1.165) is 5.56 Å². The molecule has 4 rings (SSSR count). The third-order valence-corrected chi connectivity index (χ3v) is 7.38. The van der Waals surface area contributed by atoms with Crippen LogP contribution in [0.4, 0.5) is 23.9 Å². The normalized spacial score (nSPS) is 10.8. The molecule has 0 atom stereocenters. The van der Waals surface area contributed by atoms with Crippen LogP contribution >= 0.6 is 11.3 Å². The number of ketones is 1. The topological polar surface area (TPSA) is 125 Å². The van der Waals surface area contributed by atoms with Gasteiger partial charge in [0.05, 0.1) is 11.3 Å². The van der Waals surface area contributed by atoms with E-state index in [4.69, 9.17) is 15.6 Å². The molecular formula is C32H33F3N4O4S. The Kier molecular flexibility index (Phi) is 12.5. The highest BCUT2D eigenvalue weighted by molar-refractivity contribution is 7.19. The van der Waals surface area contributed by atoms with E-state index >= 15 is 0 Å². The number of alkyl halides is 3. The first-order chi connectivity index (χ1) is 21.0. The molecule has 8 nitrogen and oxygen atoms in total. The lowest BCUT2D eigenvalue weighted by Crippen LogP contribution is -2.37. The van der Waals surface area contributed by atoms with Crippen LogP contribution in [0, 0.1) is 0 Å². The van der Waals surface area contributed by atoms with Crippen molar-refractivity contribution < 1.29 is 32.7 Å². The average molecular weight is 627 g/mol. The molecule has 1 heterocycles. The van der Waals surface area contributed by atoms with Crippen molar-refractivity contribution in [3.8, 4) is 0 Å². The van der Waals surface area contributed by atoms with Crippen LogP contribution in [0.15, 0.2) is 91.0 Å². The number of nitrogen functional groups attached to an aromatic ring is 1. The number of carbonyl (C=O) groups excluding carboxylic acids is 2. The van der Waals surface area contributed by atoms with Gasteiger partial charge >= 0.3 is 12.1 Å². The summed E-state index contributed by atoms with van der Waals surface area (Å²) in [4.78, 5) is 38.3. The lowest BCUT2D eigenvalue weighted by atomic mass is 10.1. The van der Waals surface area contributed by atoms with Gasteiger partial charge in [-0.25, -0.2) is 4.79 Å². The monoisotopic (exact) mass is 626 g/mol. The summed E-state index contributed by atoms with van der Waals surface area (Å²) in [6.45, 7) is 4.82. The van der Waals surface area contributed by atoms with E-state index in [9.17, 15) is 22.8 Å². The van der Waals surface area contributed by atoms with E-state index in [1.54, 1.807) is 17.0 Å². The van der Waals surface area contributed by atoms with E-state index in [2.05, 4.69) is 22.8 Å². The minimum Gasteiger partial charge on any atom is -0.475 e. The molecule has 0 aliphatic rings. The average Bonchev–Trinajstić information content (AvgIpc) is 3.34. The molecule has 0 saturated heterocycles. The highest BCUT2D eigenvalue weighted by Crippen LogP contribution is 2.38. The number of nitrogens with two attached hydrogens (primary N) is 1. The maximum absolute atomic E-state index is 14.0. The molecule has 12 heteroatoms. The Labute approximate surface area is 257 Å². The van der Waals surface area contributed by atoms with Crippen molar-refractivity contribution >= 4 is 39.7 Å². The van der Waals surface area contributed by atoms with Gasteiger partial charge in [0.15, 0.2) is 0 Å². The van der Waals surface area contributed by atoms with Gasteiger partial charge < -0.3 is 26.4 Å². The Morgan fingerprint density at radius 2 is 1.41 bits per heavy atom. The molecule has 0 fully saturated rings. The van der Waals surface area contributed by atoms with Crippen molar-refractivity contribution in [1.29, 1.82) is 0 Å². The van der Waals surface area contributed by atoms with Crippen molar-refractivity contribution in [1.82, 2.24) is 10.2 Å². The largest absolute Gasteiger partial charge is 0.490 e. The zero-order valence-electron chi connectivity index (χ0n) is 23.9. The van der Waals surface area contributed by atoms with Gasteiger partial charge in [0.2, 0.25) is 5.78 Å². The molecule has 0 aliphatic heterocycles. The van der Waals surface area contributed by atoms with Crippen LogP contribution in [0.25, 0.3) is 0 Å². The Morgan fingerprint density at radius 1 is 0.886 bits per heavy atom. The first-order valence-corrected chi connectivity index (χ1v) is 14.5. The second-order valence-corrected chi connectivity index (χ2v) is 10.5. The standard InChI is InChI=1S/C30H32N4O2S.C2HF3O2/c1-2-33-29-25(26(31)28(37-29)27(35)24-16-10-5-11-17-24)30(36)34(21-23-14-8-4-9-15-23)19-18-32-20-22-12-6-3-7-13-22;3-2(4,5)1(6)7/h3-17,32-33H,2,18-21,31H2,1H3;(H,6,7). The Morgan fingerprint density at radius 3 is 1.93 bits per heavy atom. The highest BCUT2D eigenvalue weighted by atomic mass is 32.1.